The number of Topliss-reactive ketones (excluding diaryl/α,β-unsaturated/α-hetero) is 1. The Balaban J connectivity index is 1.63. The van der Waals surface area contributed by atoms with Crippen LogP contribution in [0.2, 0.25) is 0 Å². The molecule has 3 aromatic rings. The molecule has 2 aromatic carbocycles. The van der Waals surface area contributed by atoms with Gasteiger partial charge in [-0.25, -0.2) is 4.98 Å². The van der Waals surface area contributed by atoms with Crippen molar-refractivity contribution >= 4 is 33.9 Å². The van der Waals surface area contributed by atoms with Crippen molar-refractivity contribution in [3.05, 3.63) is 64.7 Å². The number of carbonyl (C=O) groups excluding carboxylic acids is 2. The number of ketones is 1. The molecule has 0 saturated carbocycles. The molecule has 1 fully saturated rings. The number of thiazole rings is 1. The fourth-order valence-corrected chi connectivity index (χ4v) is 4.99. The van der Waals surface area contributed by atoms with Crippen LogP contribution in [0.3, 0.4) is 0 Å². The predicted molar refractivity (Wildman–Crippen MR) is 138 cm³/mol. The number of rotatable bonds is 8. The molecule has 1 saturated heterocycles. The van der Waals surface area contributed by atoms with Crippen LogP contribution in [0.1, 0.15) is 36.9 Å². The standard InChI is InChI=1S/C27H26N2O7S/c1-3-4-10-34-18-7-5-16(14-20(18)33-2)23-22(25(31)26(32)29(23)27-28-9-13-37-27)24(30)17-6-8-19-21(15-17)36-12-11-35-19/h5-9,13-15,23,30H,3-4,10-12H2,1-2H3/b24-22+. The van der Waals surface area contributed by atoms with E-state index in [2.05, 4.69) is 11.9 Å². The zero-order chi connectivity index (χ0) is 25.9. The molecule has 1 amide bonds. The first-order valence-corrected chi connectivity index (χ1v) is 12.8. The van der Waals surface area contributed by atoms with Gasteiger partial charge in [-0.15, -0.1) is 11.3 Å². The zero-order valence-corrected chi connectivity index (χ0v) is 21.2. The molecule has 1 N–H and O–H groups in total. The number of hydrogen-bond acceptors (Lipinski definition) is 9. The van der Waals surface area contributed by atoms with E-state index in [9.17, 15) is 14.7 Å². The summed E-state index contributed by atoms with van der Waals surface area (Å²) in [5.41, 5.74) is 0.838. The summed E-state index contributed by atoms with van der Waals surface area (Å²) < 4.78 is 22.6. The van der Waals surface area contributed by atoms with Gasteiger partial charge in [0.2, 0.25) is 0 Å². The second-order valence-corrected chi connectivity index (χ2v) is 9.33. The quantitative estimate of drug-likeness (QED) is 0.196. The van der Waals surface area contributed by atoms with Crippen LogP contribution in [0.5, 0.6) is 23.0 Å². The Bertz CT molecular complexity index is 1350. The Morgan fingerprint density at radius 1 is 1.14 bits per heavy atom. The third-order valence-corrected chi connectivity index (χ3v) is 6.92. The molecule has 9 nitrogen and oxygen atoms in total. The Morgan fingerprint density at radius 2 is 1.95 bits per heavy atom. The van der Waals surface area contributed by atoms with Gasteiger partial charge in [0, 0.05) is 17.1 Å². The van der Waals surface area contributed by atoms with Gasteiger partial charge in [0.25, 0.3) is 5.78 Å². The van der Waals surface area contributed by atoms with E-state index in [1.165, 1.54) is 23.3 Å². The number of aliphatic hydroxyl groups is 1. The van der Waals surface area contributed by atoms with Crippen LogP contribution in [0.25, 0.3) is 5.76 Å². The molecule has 2 aliphatic rings. The summed E-state index contributed by atoms with van der Waals surface area (Å²) in [6.45, 7) is 3.41. The Hall–Kier alpha value is -4.05. The number of amides is 1. The number of fused-ring (bicyclic) bond motifs is 1. The van der Waals surface area contributed by atoms with Gasteiger partial charge in [0.1, 0.15) is 19.0 Å². The number of nitrogens with zero attached hydrogens (tertiary/aromatic N) is 2. The van der Waals surface area contributed by atoms with Gasteiger partial charge in [-0.1, -0.05) is 19.4 Å². The highest BCUT2D eigenvalue weighted by molar-refractivity contribution is 7.14. The van der Waals surface area contributed by atoms with Crippen molar-refractivity contribution in [2.24, 2.45) is 0 Å². The van der Waals surface area contributed by atoms with Gasteiger partial charge in [-0.3, -0.25) is 14.5 Å². The van der Waals surface area contributed by atoms with Crippen LogP contribution in [0, 0.1) is 0 Å². The number of methoxy groups -OCH3 is 1. The maximum absolute atomic E-state index is 13.3. The van der Waals surface area contributed by atoms with E-state index in [0.717, 1.165) is 12.8 Å². The zero-order valence-electron chi connectivity index (χ0n) is 20.4. The van der Waals surface area contributed by atoms with Crippen LogP contribution in [0.15, 0.2) is 53.5 Å². The third kappa shape index (κ3) is 4.60. The van der Waals surface area contributed by atoms with Gasteiger partial charge in [-0.05, 0) is 42.3 Å². The Kier molecular flexibility index (Phi) is 7.00. The summed E-state index contributed by atoms with van der Waals surface area (Å²) in [6, 6.07) is 9.19. The SMILES string of the molecule is CCCCOc1ccc(C2/C(=C(\O)c3ccc4c(c3)OCCO4)C(=O)C(=O)N2c2nccs2)cc1OC. The van der Waals surface area contributed by atoms with Gasteiger partial charge in [0.15, 0.2) is 28.1 Å². The Morgan fingerprint density at radius 3 is 2.68 bits per heavy atom. The molecule has 2 aliphatic heterocycles. The summed E-state index contributed by atoms with van der Waals surface area (Å²) >= 11 is 1.22. The molecule has 1 unspecified atom stereocenters. The van der Waals surface area contributed by atoms with Gasteiger partial charge < -0.3 is 24.1 Å². The van der Waals surface area contributed by atoms with Crippen molar-refractivity contribution in [1.82, 2.24) is 4.98 Å². The molecule has 1 atom stereocenters. The van der Waals surface area contributed by atoms with Crippen molar-refractivity contribution in [1.29, 1.82) is 0 Å². The maximum Gasteiger partial charge on any atom is 0.301 e. The highest BCUT2D eigenvalue weighted by atomic mass is 32.1. The second-order valence-electron chi connectivity index (χ2n) is 8.45. The van der Waals surface area contributed by atoms with E-state index in [-0.39, 0.29) is 11.3 Å². The molecule has 37 heavy (non-hydrogen) atoms. The monoisotopic (exact) mass is 522 g/mol. The molecule has 0 spiro atoms. The van der Waals surface area contributed by atoms with E-state index in [0.29, 0.717) is 59.1 Å². The van der Waals surface area contributed by atoms with E-state index >= 15 is 0 Å². The fraction of sp³-hybridized carbons (Fsp3) is 0.296. The molecular weight excluding hydrogens is 496 g/mol. The van der Waals surface area contributed by atoms with Crippen molar-refractivity contribution in [3.63, 3.8) is 0 Å². The van der Waals surface area contributed by atoms with Crippen molar-refractivity contribution in [2.45, 2.75) is 25.8 Å². The largest absolute Gasteiger partial charge is 0.507 e. The van der Waals surface area contributed by atoms with Gasteiger partial charge in [0.05, 0.1) is 25.3 Å². The number of anilines is 1. The average Bonchev–Trinajstić information content (AvgIpc) is 3.54. The number of aliphatic hydroxyl groups excluding tert-OH is 1. The first-order chi connectivity index (χ1) is 18.0. The smallest absolute Gasteiger partial charge is 0.301 e. The fourth-order valence-electron chi connectivity index (χ4n) is 4.33. The molecule has 0 bridgehead atoms. The minimum absolute atomic E-state index is 0.0569. The Labute approximate surface area is 217 Å². The molecule has 0 aliphatic carbocycles. The molecule has 3 heterocycles. The lowest BCUT2D eigenvalue weighted by atomic mass is 9.95. The summed E-state index contributed by atoms with van der Waals surface area (Å²) in [4.78, 5) is 32.2. The van der Waals surface area contributed by atoms with Crippen LogP contribution in [0.4, 0.5) is 5.13 Å². The van der Waals surface area contributed by atoms with Crippen molar-refractivity contribution < 1.29 is 33.6 Å². The minimum atomic E-state index is -0.932. The number of unbranched alkanes of at least 4 members (excludes halogenated alkanes) is 1. The first kappa shape index (κ1) is 24.6. The molecule has 192 valence electrons. The number of carbonyl (C=O) groups is 2. The number of ether oxygens (including phenoxy) is 4. The van der Waals surface area contributed by atoms with Crippen LogP contribution in [-0.4, -0.2) is 48.7 Å². The van der Waals surface area contributed by atoms with Crippen molar-refractivity contribution in [3.8, 4) is 23.0 Å². The topological polar surface area (TPSA) is 107 Å². The maximum atomic E-state index is 13.3. The second kappa shape index (κ2) is 10.5. The predicted octanol–water partition coefficient (Wildman–Crippen LogP) is 4.73. The lowest BCUT2D eigenvalue weighted by Gasteiger charge is -2.24. The molecule has 10 heteroatoms. The van der Waals surface area contributed by atoms with Crippen molar-refractivity contribution in [2.75, 3.05) is 31.8 Å². The van der Waals surface area contributed by atoms with Crippen LogP contribution in [-0.2, 0) is 9.59 Å². The molecule has 1 aromatic heterocycles. The molecular formula is C27H26N2O7S. The van der Waals surface area contributed by atoms with Gasteiger partial charge >= 0.3 is 5.91 Å². The third-order valence-electron chi connectivity index (χ3n) is 6.14. The lowest BCUT2D eigenvalue weighted by Crippen LogP contribution is -2.29. The molecule has 0 radical (unpaired) electrons. The number of aromatic nitrogens is 1. The van der Waals surface area contributed by atoms with Crippen LogP contribution < -0.4 is 23.8 Å². The van der Waals surface area contributed by atoms with E-state index in [1.54, 1.807) is 48.0 Å². The summed E-state index contributed by atoms with van der Waals surface area (Å²) in [6.07, 6.45) is 3.44. The highest BCUT2D eigenvalue weighted by Crippen LogP contribution is 2.45. The van der Waals surface area contributed by atoms with E-state index in [1.807, 2.05) is 0 Å². The number of hydrogen-bond donors (Lipinski definition) is 1. The van der Waals surface area contributed by atoms with Gasteiger partial charge in [-0.2, -0.15) is 0 Å². The highest BCUT2D eigenvalue weighted by Gasteiger charge is 2.48. The normalized spacial score (nSPS) is 18.2. The van der Waals surface area contributed by atoms with Crippen LogP contribution >= 0.6 is 11.3 Å². The van der Waals surface area contributed by atoms with E-state index < -0.39 is 17.7 Å². The first-order valence-electron chi connectivity index (χ1n) is 11.9. The summed E-state index contributed by atoms with van der Waals surface area (Å²) in [5.74, 6) is 0.107. The van der Waals surface area contributed by atoms with E-state index in [4.69, 9.17) is 18.9 Å². The molecule has 5 rings (SSSR count). The number of benzene rings is 2. The summed E-state index contributed by atoms with van der Waals surface area (Å²) in [7, 11) is 1.53. The summed E-state index contributed by atoms with van der Waals surface area (Å²) in [5, 5.41) is 13.5. The average molecular weight is 523 g/mol. The minimum Gasteiger partial charge on any atom is -0.507 e. The lowest BCUT2D eigenvalue weighted by molar-refractivity contribution is -0.132.